The van der Waals surface area contributed by atoms with Gasteiger partial charge in [0.25, 0.3) is 5.91 Å². The molecular weight excluding hydrogens is 400 g/mol. The van der Waals surface area contributed by atoms with Crippen LogP contribution in [0.4, 0.5) is 8.78 Å². The summed E-state index contributed by atoms with van der Waals surface area (Å²) in [6.45, 7) is -1.05. The van der Waals surface area contributed by atoms with Gasteiger partial charge >= 0.3 is 6.61 Å². The fourth-order valence-electron chi connectivity index (χ4n) is 3.27. The number of hydrogen-bond donors (Lipinski definition) is 1. The number of hydrogen-bond acceptors (Lipinski definition) is 3. The van der Waals surface area contributed by atoms with E-state index in [9.17, 15) is 18.4 Å². The van der Waals surface area contributed by atoms with Crippen molar-refractivity contribution in [3.63, 3.8) is 0 Å². The maximum atomic E-state index is 13.1. The molecule has 0 aliphatic carbocycles. The van der Waals surface area contributed by atoms with Crippen LogP contribution in [0.2, 0.25) is 0 Å². The van der Waals surface area contributed by atoms with E-state index in [2.05, 4.69) is 10.1 Å². The lowest BCUT2D eigenvalue weighted by Crippen LogP contribution is -2.43. The minimum Gasteiger partial charge on any atom is -0.435 e. The summed E-state index contributed by atoms with van der Waals surface area (Å²) in [5, 5.41) is 2.77. The highest BCUT2D eigenvalue weighted by atomic mass is 19.3. The fraction of sp³-hybridized carbons (Fsp3) is 0.200. The number of ketones is 1. The van der Waals surface area contributed by atoms with Gasteiger partial charge in [-0.25, -0.2) is 0 Å². The van der Waals surface area contributed by atoms with Crippen LogP contribution in [-0.4, -0.2) is 24.3 Å². The first kappa shape index (κ1) is 22.2. The lowest BCUT2D eigenvalue weighted by Gasteiger charge is -2.19. The van der Waals surface area contributed by atoms with Crippen LogP contribution >= 0.6 is 0 Å². The summed E-state index contributed by atoms with van der Waals surface area (Å²) < 4.78 is 29.3. The maximum absolute atomic E-state index is 13.1. The molecule has 0 saturated heterocycles. The number of amides is 1. The molecule has 4 nitrogen and oxygen atoms in total. The smallest absolute Gasteiger partial charge is 0.387 e. The Morgan fingerprint density at radius 2 is 1.65 bits per heavy atom. The highest BCUT2D eigenvalue weighted by Crippen LogP contribution is 2.17. The number of carbonyl (C=O) groups excluding carboxylic acids is 2. The maximum Gasteiger partial charge on any atom is 0.387 e. The van der Waals surface area contributed by atoms with Crippen molar-refractivity contribution < 1.29 is 23.1 Å². The van der Waals surface area contributed by atoms with E-state index in [1.807, 2.05) is 61.5 Å². The van der Waals surface area contributed by atoms with Crippen molar-refractivity contribution in [1.29, 1.82) is 0 Å². The van der Waals surface area contributed by atoms with Gasteiger partial charge in [0.05, 0.1) is 6.04 Å². The van der Waals surface area contributed by atoms with Crippen LogP contribution in [0.15, 0.2) is 78.9 Å². The largest absolute Gasteiger partial charge is 0.435 e. The third kappa shape index (κ3) is 6.47. The third-order valence-corrected chi connectivity index (χ3v) is 4.92. The Labute approximate surface area is 179 Å². The number of ether oxygens (including phenoxy) is 1. The molecule has 6 heteroatoms. The average Bonchev–Trinajstić information content (AvgIpc) is 2.75. The quantitative estimate of drug-likeness (QED) is 0.540. The summed E-state index contributed by atoms with van der Waals surface area (Å²) in [5.74, 6) is -0.779. The highest BCUT2D eigenvalue weighted by molar-refractivity contribution is 5.98. The number of carbonyl (C=O) groups is 2. The van der Waals surface area contributed by atoms with Gasteiger partial charge < -0.3 is 10.1 Å². The number of rotatable bonds is 9. The third-order valence-electron chi connectivity index (χ3n) is 4.92. The van der Waals surface area contributed by atoms with E-state index in [4.69, 9.17) is 0 Å². The summed E-state index contributed by atoms with van der Waals surface area (Å²) in [4.78, 5) is 25.9. The lowest BCUT2D eigenvalue weighted by atomic mass is 9.95. The van der Waals surface area contributed by atoms with Crippen molar-refractivity contribution in [2.45, 2.75) is 32.4 Å². The first-order valence-corrected chi connectivity index (χ1v) is 9.89. The van der Waals surface area contributed by atoms with Crippen molar-refractivity contribution in [2.24, 2.45) is 0 Å². The van der Waals surface area contributed by atoms with Crippen LogP contribution < -0.4 is 10.1 Å². The van der Waals surface area contributed by atoms with Gasteiger partial charge in [-0.05, 0) is 48.2 Å². The SMILES string of the molecule is Cc1ccccc1CC(=O)C(Cc1ccccc1)NC(=O)c1cccc(OC(F)F)c1. The molecule has 0 fully saturated rings. The molecule has 0 radical (unpaired) electrons. The highest BCUT2D eigenvalue weighted by Gasteiger charge is 2.23. The van der Waals surface area contributed by atoms with E-state index in [0.29, 0.717) is 6.42 Å². The van der Waals surface area contributed by atoms with Crippen LogP contribution in [0, 0.1) is 6.92 Å². The molecule has 1 N–H and O–H groups in total. The Balaban J connectivity index is 1.80. The van der Waals surface area contributed by atoms with Crippen molar-refractivity contribution in [3.8, 4) is 5.75 Å². The number of nitrogens with one attached hydrogen (secondary N) is 1. The van der Waals surface area contributed by atoms with E-state index < -0.39 is 18.6 Å². The molecule has 1 amide bonds. The zero-order chi connectivity index (χ0) is 22.2. The van der Waals surface area contributed by atoms with E-state index in [1.165, 1.54) is 24.3 Å². The predicted octanol–water partition coefficient (Wildman–Crippen LogP) is 4.75. The molecule has 0 aliphatic heterocycles. The summed E-state index contributed by atoms with van der Waals surface area (Å²) >= 11 is 0. The van der Waals surface area contributed by atoms with Crippen LogP contribution in [0.25, 0.3) is 0 Å². The summed E-state index contributed by atoms with van der Waals surface area (Å²) in [6, 6.07) is 21.7. The second-order valence-corrected chi connectivity index (χ2v) is 7.19. The monoisotopic (exact) mass is 423 g/mol. The number of aryl methyl sites for hydroxylation is 1. The molecule has 0 heterocycles. The van der Waals surface area contributed by atoms with Crippen molar-refractivity contribution in [3.05, 3.63) is 101 Å². The second kappa shape index (κ2) is 10.5. The Hall–Kier alpha value is -3.54. The zero-order valence-electron chi connectivity index (χ0n) is 17.1. The number of benzene rings is 3. The van der Waals surface area contributed by atoms with E-state index >= 15 is 0 Å². The molecule has 1 atom stereocenters. The Bertz CT molecular complexity index is 1040. The molecule has 0 aromatic heterocycles. The van der Waals surface area contributed by atoms with Gasteiger partial charge in [-0.3, -0.25) is 9.59 Å². The van der Waals surface area contributed by atoms with E-state index in [0.717, 1.165) is 16.7 Å². The van der Waals surface area contributed by atoms with Crippen LogP contribution in [-0.2, 0) is 17.6 Å². The Morgan fingerprint density at radius 3 is 2.35 bits per heavy atom. The second-order valence-electron chi connectivity index (χ2n) is 7.19. The Kier molecular flexibility index (Phi) is 7.49. The van der Waals surface area contributed by atoms with Gasteiger partial charge in [-0.1, -0.05) is 60.7 Å². The van der Waals surface area contributed by atoms with Crippen LogP contribution in [0.3, 0.4) is 0 Å². The molecule has 3 rings (SSSR count). The summed E-state index contributed by atoms with van der Waals surface area (Å²) in [5.41, 5.74) is 2.94. The molecular formula is C25H23F2NO3. The fourth-order valence-corrected chi connectivity index (χ4v) is 3.27. The van der Waals surface area contributed by atoms with E-state index in [-0.39, 0.29) is 23.5 Å². The van der Waals surface area contributed by atoms with Crippen molar-refractivity contribution >= 4 is 11.7 Å². The van der Waals surface area contributed by atoms with Gasteiger partial charge in [-0.15, -0.1) is 0 Å². The molecule has 1 unspecified atom stereocenters. The molecule has 0 bridgehead atoms. The summed E-state index contributed by atoms with van der Waals surface area (Å²) in [6.07, 6.45) is 0.503. The summed E-state index contributed by atoms with van der Waals surface area (Å²) in [7, 11) is 0. The minimum absolute atomic E-state index is 0.117. The van der Waals surface area contributed by atoms with Crippen LogP contribution in [0.1, 0.15) is 27.0 Å². The molecule has 0 spiro atoms. The number of alkyl halides is 2. The molecule has 31 heavy (non-hydrogen) atoms. The molecule has 3 aromatic carbocycles. The average molecular weight is 423 g/mol. The molecule has 160 valence electrons. The van der Waals surface area contributed by atoms with Crippen LogP contribution in [0.5, 0.6) is 5.75 Å². The molecule has 0 aliphatic rings. The first-order valence-electron chi connectivity index (χ1n) is 9.89. The first-order chi connectivity index (χ1) is 14.9. The van der Waals surface area contributed by atoms with Crippen molar-refractivity contribution in [2.75, 3.05) is 0 Å². The van der Waals surface area contributed by atoms with Gasteiger partial charge in [0.2, 0.25) is 0 Å². The molecule has 0 saturated carbocycles. The minimum atomic E-state index is -2.99. The topological polar surface area (TPSA) is 55.4 Å². The van der Waals surface area contributed by atoms with Gasteiger partial charge in [-0.2, -0.15) is 8.78 Å². The number of halogens is 2. The standard InChI is InChI=1S/C25H23F2NO3/c1-17-8-5-6-11-19(17)16-23(29)22(14-18-9-3-2-4-10-18)28-24(30)20-12-7-13-21(15-20)31-25(26)27/h2-13,15,22,25H,14,16H2,1H3,(H,28,30). The zero-order valence-corrected chi connectivity index (χ0v) is 17.1. The van der Waals surface area contributed by atoms with Crippen molar-refractivity contribution in [1.82, 2.24) is 5.32 Å². The normalized spacial score (nSPS) is 11.7. The van der Waals surface area contributed by atoms with Gasteiger partial charge in [0.15, 0.2) is 5.78 Å². The molecule has 3 aromatic rings. The van der Waals surface area contributed by atoms with Gasteiger partial charge in [0.1, 0.15) is 5.75 Å². The lowest BCUT2D eigenvalue weighted by molar-refractivity contribution is -0.120. The van der Waals surface area contributed by atoms with Gasteiger partial charge in [0, 0.05) is 12.0 Å². The Morgan fingerprint density at radius 1 is 0.935 bits per heavy atom. The number of Topliss-reactive ketones (excluding diaryl/α,β-unsaturated/α-hetero) is 1. The predicted molar refractivity (Wildman–Crippen MR) is 114 cm³/mol. The van der Waals surface area contributed by atoms with E-state index in [1.54, 1.807) is 0 Å².